The van der Waals surface area contributed by atoms with E-state index in [-0.39, 0.29) is 17.6 Å². The number of benzene rings is 3. The lowest BCUT2D eigenvalue weighted by atomic mass is 9.88. The molecule has 1 unspecified atom stereocenters. The Hall–Kier alpha value is -4.00. The van der Waals surface area contributed by atoms with E-state index < -0.39 is 0 Å². The Kier molecular flexibility index (Phi) is 5.60. The summed E-state index contributed by atoms with van der Waals surface area (Å²) in [7, 11) is 1.74. The van der Waals surface area contributed by atoms with Gasteiger partial charge in [0.25, 0.3) is 0 Å². The molecular formula is C26H24FN5O. The zero-order chi connectivity index (χ0) is 22.8. The zero-order valence-corrected chi connectivity index (χ0v) is 18.3. The molecule has 33 heavy (non-hydrogen) atoms. The van der Waals surface area contributed by atoms with E-state index in [1.807, 2.05) is 36.4 Å². The highest BCUT2D eigenvalue weighted by atomic mass is 19.1. The maximum Gasteiger partial charge on any atom is 0.197 e. The van der Waals surface area contributed by atoms with Gasteiger partial charge in [-0.1, -0.05) is 36.4 Å². The number of halogens is 1. The van der Waals surface area contributed by atoms with Crippen LogP contribution in [0.2, 0.25) is 0 Å². The molecule has 6 nitrogen and oxygen atoms in total. The molecule has 1 aliphatic rings. The fourth-order valence-corrected chi connectivity index (χ4v) is 4.38. The molecule has 1 atom stereocenters. The number of fused-ring (bicyclic) bond motifs is 1. The van der Waals surface area contributed by atoms with Gasteiger partial charge in [0.2, 0.25) is 0 Å². The maximum absolute atomic E-state index is 13.5. The van der Waals surface area contributed by atoms with E-state index in [4.69, 9.17) is 0 Å². The number of phenolic OH excluding ortho intramolecular Hbond substituents is 1. The smallest absolute Gasteiger partial charge is 0.197 e. The van der Waals surface area contributed by atoms with Crippen LogP contribution in [0, 0.1) is 5.82 Å². The summed E-state index contributed by atoms with van der Waals surface area (Å²) < 4.78 is 13.5. The van der Waals surface area contributed by atoms with Crippen molar-refractivity contribution < 1.29 is 9.50 Å². The van der Waals surface area contributed by atoms with Crippen molar-refractivity contribution in [3.8, 4) is 5.75 Å². The number of aromatic hydroxyl groups is 1. The maximum atomic E-state index is 13.5. The number of nitrogens with zero attached hydrogens (tertiary/aromatic N) is 5. The van der Waals surface area contributed by atoms with Crippen molar-refractivity contribution in [1.82, 2.24) is 20.2 Å². The number of rotatable bonds is 5. The molecule has 0 saturated carbocycles. The van der Waals surface area contributed by atoms with E-state index in [1.54, 1.807) is 13.1 Å². The third kappa shape index (κ3) is 4.62. The lowest BCUT2D eigenvalue weighted by molar-refractivity contribution is 0.472. The third-order valence-corrected chi connectivity index (χ3v) is 6.00. The predicted molar refractivity (Wildman–Crippen MR) is 126 cm³/mol. The van der Waals surface area contributed by atoms with Crippen LogP contribution in [-0.4, -0.2) is 31.9 Å². The Morgan fingerprint density at radius 1 is 1.03 bits per heavy atom. The Balaban J connectivity index is 1.41. The molecule has 1 N–H and O–H groups in total. The average Bonchev–Trinajstić information content (AvgIpc) is 3.24. The number of tetrazole rings is 1. The highest BCUT2D eigenvalue weighted by Crippen LogP contribution is 2.37. The molecule has 0 saturated heterocycles. The van der Waals surface area contributed by atoms with Crippen molar-refractivity contribution in [3.63, 3.8) is 0 Å². The van der Waals surface area contributed by atoms with Gasteiger partial charge >= 0.3 is 0 Å². The van der Waals surface area contributed by atoms with Gasteiger partial charge < -0.3 is 10.0 Å². The molecule has 0 bridgehead atoms. The first-order chi connectivity index (χ1) is 16.0. The van der Waals surface area contributed by atoms with Crippen molar-refractivity contribution in [2.45, 2.75) is 18.9 Å². The standard InChI is InChI=1S/C26H24FN5O/c1-31-29-26(28-30-31)13-6-18-2-4-19(5-3-18)16-25-24-12-11-23(33)17-20(24)14-15-32(25)22-9-7-21(27)8-10-22/h2-13,17,25,33H,14-16H2,1H3/b13-6+. The van der Waals surface area contributed by atoms with Gasteiger partial charge in [0.15, 0.2) is 5.82 Å². The van der Waals surface area contributed by atoms with Gasteiger partial charge in [0.1, 0.15) is 11.6 Å². The second-order valence-corrected chi connectivity index (χ2v) is 8.23. The molecule has 0 amide bonds. The van der Waals surface area contributed by atoms with Crippen LogP contribution < -0.4 is 4.90 Å². The van der Waals surface area contributed by atoms with Crippen LogP contribution in [0.3, 0.4) is 0 Å². The molecule has 2 heterocycles. The van der Waals surface area contributed by atoms with Gasteiger partial charge in [0, 0.05) is 12.2 Å². The van der Waals surface area contributed by atoms with Gasteiger partial charge in [-0.3, -0.25) is 0 Å². The second-order valence-electron chi connectivity index (χ2n) is 8.23. The molecule has 1 aromatic heterocycles. The normalized spacial score (nSPS) is 15.7. The highest BCUT2D eigenvalue weighted by molar-refractivity contribution is 5.66. The molecule has 0 radical (unpaired) electrons. The zero-order valence-electron chi connectivity index (χ0n) is 18.3. The van der Waals surface area contributed by atoms with Gasteiger partial charge in [0.05, 0.1) is 13.1 Å². The minimum atomic E-state index is -0.238. The molecule has 166 valence electrons. The molecule has 4 aromatic rings. The van der Waals surface area contributed by atoms with Crippen molar-refractivity contribution in [1.29, 1.82) is 0 Å². The molecule has 0 spiro atoms. The number of phenols is 1. The number of aryl methyl sites for hydroxylation is 1. The largest absolute Gasteiger partial charge is 0.508 e. The molecule has 1 aliphatic heterocycles. The van der Waals surface area contributed by atoms with Crippen LogP contribution in [0.4, 0.5) is 10.1 Å². The van der Waals surface area contributed by atoms with Gasteiger partial charge in [-0.15, -0.1) is 10.2 Å². The number of aromatic nitrogens is 4. The van der Waals surface area contributed by atoms with Crippen LogP contribution in [0.1, 0.15) is 34.1 Å². The van der Waals surface area contributed by atoms with Crippen molar-refractivity contribution >= 4 is 17.8 Å². The predicted octanol–water partition coefficient (Wildman–Crippen LogP) is 4.57. The van der Waals surface area contributed by atoms with Crippen molar-refractivity contribution in [2.24, 2.45) is 7.05 Å². The van der Waals surface area contributed by atoms with Crippen molar-refractivity contribution in [3.05, 3.63) is 101 Å². The van der Waals surface area contributed by atoms with E-state index >= 15 is 0 Å². The molecule has 5 rings (SSSR count). The Morgan fingerprint density at radius 2 is 1.82 bits per heavy atom. The summed E-state index contributed by atoms with van der Waals surface area (Å²) in [5, 5.41) is 21.9. The minimum absolute atomic E-state index is 0.0880. The molecular weight excluding hydrogens is 417 g/mol. The molecule has 0 aliphatic carbocycles. The number of hydrogen-bond acceptors (Lipinski definition) is 5. The summed E-state index contributed by atoms with van der Waals surface area (Å²) in [6.45, 7) is 0.804. The first-order valence-electron chi connectivity index (χ1n) is 10.9. The van der Waals surface area contributed by atoms with E-state index in [2.05, 4.69) is 44.6 Å². The van der Waals surface area contributed by atoms with E-state index in [1.165, 1.54) is 28.1 Å². The van der Waals surface area contributed by atoms with E-state index in [0.29, 0.717) is 5.82 Å². The summed E-state index contributed by atoms with van der Waals surface area (Å²) in [6.07, 6.45) is 5.43. The number of hydrogen-bond donors (Lipinski definition) is 1. The molecule has 7 heteroatoms. The van der Waals surface area contributed by atoms with Crippen LogP contribution in [0.5, 0.6) is 5.75 Å². The monoisotopic (exact) mass is 441 g/mol. The minimum Gasteiger partial charge on any atom is -0.508 e. The van der Waals surface area contributed by atoms with Gasteiger partial charge in [-0.25, -0.2) is 4.39 Å². The lowest BCUT2D eigenvalue weighted by Gasteiger charge is -2.39. The lowest BCUT2D eigenvalue weighted by Crippen LogP contribution is -2.36. The molecule has 3 aromatic carbocycles. The summed E-state index contributed by atoms with van der Waals surface area (Å²) >= 11 is 0. The Morgan fingerprint density at radius 3 is 2.55 bits per heavy atom. The van der Waals surface area contributed by atoms with Crippen LogP contribution in [0.15, 0.2) is 66.7 Å². The third-order valence-electron chi connectivity index (χ3n) is 6.00. The highest BCUT2D eigenvalue weighted by Gasteiger charge is 2.28. The SMILES string of the molecule is Cn1nnc(/C=C/c2ccc(CC3c4ccc(O)cc4CCN3c3ccc(F)cc3)cc2)n1. The summed E-state index contributed by atoms with van der Waals surface area (Å²) in [5.74, 6) is 0.619. The van der Waals surface area contributed by atoms with E-state index in [0.717, 1.165) is 36.2 Å². The average molecular weight is 442 g/mol. The van der Waals surface area contributed by atoms with E-state index in [9.17, 15) is 9.50 Å². The van der Waals surface area contributed by atoms with Crippen molar-refractivity contribution in [2.75, 3.05) is 11.4 Å². The second kappa shape index (κ2) is 8.86. The fourth-order valence-electron chi connectivity index (χ4n) is 4.38. The summed E-state index contributed by atoms with van der Waals surface area (Å²) in [6, 6.07) is 20.8. The molecule has 0 fully saturated rings. The van der Waals surface area contributed by atoms with Crippen LogP contribution in [0.25, 0.3) is 12.2 Å². The van der Waals surface area contributed by atoms with Crippen LogP contribution in [-0.2, 0) is 19.9 Å². The van der Waals surface area contributed by atoms with Crippen LogP contribution >= 0.6 is 0 Å². The first kappa shape index (κ1) is 20.9. The first-order valence-corrected chi connectivity index (χ1v) is 10.9. The Bertz CT molecular complexity index is 1280. The summed E-state index contributed by atoms with van der Waals surface area (Å²) in [5.41, 5.74) is 5.60. The number of anilines is 1. The Labute approximate surface area is 191 Å². The van der Waals surface area contributed by atoms with Gasteiger partial charge in [-0.2, -0.15) is 4.80 Å². The quantitative estimate of drug-likeness (QED) is 0.491. The topological polar surface area (TPSA) is 67.1 Å². The van der Waals surface area contributed by atoms with Gasteiger partial charge in [-0.05, 0) is 82.8 Å². The fraction of sp³-hybridized carbons (Fsp3) is 0.192. The summed E-state index contributed by atoms with van der Waals surface area (Å²) in [4.78, 5) is 3.75.